The van der Waals surface area contributed by atoms with Gasteiger partial charge in [-0.25, -0.2) is 0 Å². The smallest absolute Gasteiger partial charge is 0.303 e. The van der Waals surface area contributed by atoms with Crippen LogP contribution in [0.4, 0.5) is 0 Å². The Labute approximate surface area is 136 Å². The molecule has 1 unspecified atom stereocenters. The summed E-state index contributed by atoms with van der Waals surface area (Å²) in [5, 5.41) is 8.59. The zero-order valence-electron chi connectivity index (χ0n) is 14.0. The van der Waals surface area contributed by atoms with Crippen LogP contribution in [0, 0.1) is 11.8 Å². The van der Waals surface area contributed by atoms with Gasteiger partial charge in [0.15, 0.2) is 0 Å². The molecule has 0 saturated heterocycles. The summed E-state index contributed by atoms with van der Waals surface area (Å²) in [5.41, 5.74) is 0. The van der Waals surface area contributed by atoms with Gasteiger partial charge in [0.2, 0.25) is 0 Å². The number of allylic oxidation sites excluding steroid dienone is 6. The molecule has 2 atom stereocenters. The Bertz CT molecular complexity index is 379. The van der Waals surface area contributed by atoms with E-state index in [9.17, 15) is 4.79 Å². The van der Waals surface area contributed by atoms with Crippen LogP contribution in [0.25, 0.3) is 0 Å². The lowest BCUT2D eigenvalue weighted by Gasteiger charge is -2.13. The number of carboxylic acid groups (broad SMARTS) is 1. The van der Waals surface area contributed by atoms with E-state index in [1.807, 2.05) is 0 Å². The van der Waals surface area contributed by atoms with Gasteiger partial charge in [-0.3, -0.25) is 4.79 Å². The van der Waals surface area contributed by atoms with Crippen LogP contribution in [0.2, 0.25) is 0 Å². The third-order valence-corrected chi connectivity index (χ3v) is 4.37. The van der Waals surface area contributed by atoms with Gasteiger partial charge in [-0.1, -0.05) is 49.8 Å². The first kappa shape index (κ1) is 18.7. The lowest BCUT2D eigenvalue weighted by atomic mass is 9.92. The summed E-state index contributed by atoms with van der Waals surface area (Å²) in [6.07, 6.45) is 24.3. The molecule has 0 heterocycles. The summed E-state index contributed by atoms with van der Waals surface area (Å²) < 4.78 is 0. The molecule has 0 bridgehead atoms. The molecular formula is C20H32O2. The molecular weight excluding hydrogens is 272 g/mol. The lowest BCUT2D eigenvalue weighted by Crippen LogP contribution is -2.03. The Morgan fingerprint density at radius 1 is 1.05 bits per heavy atom. The number of hydrogen-bond acceptors (Lipinski definition) is 1. The normalized spacial score (nSPS) is 22.4. The van der Waals surface area contributed by atoms with Crippen LogP contribution in [-0.4, -0.2) is 11.1 Å². The van der Waals surface area contributed by atoms with Gasteiger partial charge in [-0.15, -0.1) is 0 Å². The highest BCUT2D eigenvalue weighted by Crippen LogP contribution is 2.35. The van der Waals surface area contributed by atoms with Crippen LogP contribution in [0.5, 0.6) is 0 Å². The van der Waals surface area contributed by atoms with E-state index in [1.165, 1.54) is 19.3 Å². The van der Waals surface area contributed by atoms with E-state index in [-0.39, 0.29) is 6.42 Å². The fraction of sp³-hybridized carbons (Fsp3) is 0.650. The average molecular weight is 304 g/mol. The second-order valence-electron chi connectivity index (χ2n) is 6.23. The minimum atomic E-state index is -0.692. The molecule has 1 N–H and O–H groups in total. The number of carboxylic acids is 1. The van der Waals surface area contributed by atoms with Crippen molar-refractivity contribution >= 4 is 5.97 Å². The molecule has 1 rings (SSSR count). The van der Waals surface area contributed by atoms with Gasteiger partial charge in [-0.2, -0.15) is 0 Å². The standard InChI is InChI=1S/C20H32O2/c1-2-3-4-5-6-9-13-18-15-12-16-19(18)14-10-7-8-11-17-20(21)22/h3-4,7,9-10,13,18-19H,2,5-6,8,11-12,14-17H2,1H3,(H,21,22)/b4-3-,10-7-,13-9+/t18-,19?/m0/s1. The Morgan fingerprint density at radius 3 is 2.59 bits per heavy atom. The topological polar surface area (TPSA) is 37.3 Å². The first-order valence-electron chi connectivity index (χ1n) is 8.92. The number of carbonyl (C=O) groups is 1. The third kappa shape index (κ3) is 8.86. The predicted molar refractivity (Wildman–Crippen MR) is 93.9 cm³/mol. The first-order chi connectivity index (χ1) is 10.7. The zero-order valence-corrected chi connectivity index (χ0v) is 14.0. The van der Waals surface area contributed by atoms with Crippen LogP contribution in [0.15, 0.2) is 36.5 Å². The van der Waals surface area contributed by atoms with E-state index in [0.29, 0.717) is 0 Å². The molecule has 2 heteroatoms. The summed E-state index contributed by atoms with van der Waals surface area (Å²) >= 11 is 0. The first-order valence-corrected chi connectivity index (χ1v) is 8.92. The quantitative estimate of drug-likeness (QED) is 0.381. The Kier molecular flexibility index (Phi) is 10.4. The van der Waals surface area contributed by atoms with Crippen LogP contribution in [0.3, 0.4) is 0 Å². The average Bonchev–Trinajstić information content (AvgIpc) is 2.93. The van der Waals surface area contributed by atoms with Crippen LogP contribution < -0.4 is 0 Å². The van der Waals surface area contributed by atoms with E-state index in [1.54, 1.807) is 0 Å². The molecule has 124 valence electrons. The maximum atomic E-state index is 10.4. The molecule has 1 saturated carbocycles. The number of hydrogen-bond donors (Lipinski definition) is 1. The summed E-state index contributed by atoms with van der Waals surface area (Å²) in [6.45, 7) is 2.17. The van der Waals surface area contributed by atoms with Gasteiger partial charge in [0.25, 0.3) is 0 Å². The molecule has 22 heavy (non-hydrogen) atoms. The fourth-order valence-electron chi connectivity index (χ4n) is 3.12. The molecule has 0 aromatic carbocycles. The monoisotopic (exact) mass is 304 g/mol. The highest BCUT2D eigenvalue weighted by atomic mass is 16.4. The van der Waals surface area contributed by atoms with E-state index in [0.717, 1.165) is 50.4 Å². The van der Waals surface area contributed by atoms with Crippen molar-refractivity contribution in [2.24, 2.45) is 11.8 Å². The molecule has 1 aliphatic carbocycles. The number of aliphatic carboxylic acids is 1. The highest BCUT2D eigenvalue weighted by Gasteiger charge is 2.23. The summed E-state index contributed by atoms with van der Waals surface area (Å²) in [4.78, 5) is 10.4. The minimum absolute atomic E-state index is 0.283. The van der Waals surface area contributed by atoms with Gasteiger partial charge in [0.05, 0.1) is 0 Å². The summed E-state index contributed by atoms with van der Waals surface area (Å²) in [7, 11) is 0. The second-order valence-corrected chi connectivity index (χ2v) is 6.23. The maximum absolute atomic E-state index is 10.4. The van der Waals surface area contributed by atoms with Crippen molar-refractivity contribution in [1.82, 2.24) is 0 Å². The van der Waals surface area contributed by atoms with E-state index in [2.05, 4.69) is 43.4 Å². The van der Waals surface area contributed by atoms with Crippen molar-refractivity contribution < 1.29 is 9.90 Å². The van der Waals surface area contributed by atoms with E-state index < -0.39 is 5.97 Å². The largest absolute Gasteiger partial charge is 0.481 e. The van der Waals surface area contributed by atoms with Gasteiger partial charge >= 0.3 is 5.97 Å². The molecule has 0 amide bonds. The molecule has 0 spiro atoms. The van der Waals surface area contributed by atoms with E-state index >= 15 is 0 Å². The Hall–Kier alpha value is -1.31. The molecule has 0 radical (unpaired) electrons. The van der Waals surface area contributed by atoms with Crippen molar-refractivity contribution in [3.8, 4) is 0 Å². The Morgan fingerprint density at radius 2 is 1.82 bits per heavy atom. The minimum Gasteiger partial charge on any atom is -0.481 e. The lowest BCUT2D eigenvalue weighted by molar-refractivity contribution is -0.137. The number of rotatable bonds is 11. The van der Waals surface area contributed by atoms with Crippen LogP contribution >= 0.6 is 0 Å². The predicted octanol–water partition coefficient (Wildman–Crippen LogP) is 5.91. The van der Waals surface area contributed by atoms with E-state index in [4.69, 9.17) is 5.11 Å². The summed E-state index contributed by atoms with van der Waals surface area (Å²) in [5.74, 6) is 0.847. The molecule has 1 aliphatic rings. The molecule has 0 aromatic heterocycles. The van der Waals surface area contributed by atoms with Crippen molar-refractivity contribution in [3.63, 3.8) is 0 Å². The van der Waals surface area contributed by atoms with Gasteiger partial charge in [0.1, 0.15) is 0 Å². The Balaban J connectivity index is 2.19. The molecule has 1 fully saturated rings. The van der Waals surface area contributed by atoms with Crippen molar-refractivity contribution in [3.05, 3.63) is 36.5 Å². The van der Waals surface area contributed by atoms with Gasteiger partial charge < -0.3 is 5.11 Å². The van der Waals surface area contributed by atoms with Gasteiger partial charge in [-0.05, 0) is 63.2 Å². The van der Waals surface area contributed by atoms with Crippen molar-refractivity contribution in [1.29, 1.82) is 0 Å². The molecule has 0 aliphatic heterocycles. The zero-order chi connectivity index (χ0) is 16.0. The number of unbranched alkanes of at least 4 members (excludes halogenated alkanes) is 2. The highest BCUT2D eigenvalue weighted by molar-refractivity contribution is 5.66. The second kappa shape index (κ2) is 12.3. The van der Waals surface area contributed by atoms with Crippen molar-refractivity contribution in [2.45, 2.75) is 71.1 Å². The van der Waals surface area contributed by atoms with Crippen molar-refractivity contribution in [2.75, 3.05) is 0 Å². The van der Waals surface area contributed by atoms with Gasteiger partial charge in [0, 0.05) is 6.42 Å². The fourth-order valence-corrected chi connectivity index (χ4v) is 3.12. The van der Waals surface area contributed by atoms with Crippen LogP contribution in [0.1, 0.15) is 71.1 Å². The SMILES string of the molecule is CC/C=C\CC/C=C/[C@H]1CCCC1C/C=C\CCCC(=O)O. The van der Waals surface area contributed by atoms with Crippen LogP contribution in [-0.2, 0) is 4.79 Å². The maximum Gasteiger partial charge on any atom is 0.303 e. The molecule has 2 nitrogen and oxygen atoms in total. The molecule has 0 aromatic rings. The summed E-state index contributed by atoms with van der Waals surface area (Å²) in [6, 6.07) is 0. The third-order valence-electron chi connectivity index (χ3n) is 4.37.